The second kappa shape index (κ2) is 11.1. The lowest BCUT2D eigenvalue weighted by Gasteiger charge is -2.30. The Morgan fingerprint density at radius 3 is 2.27 bits per heavy atom. The first-order valence-corrected chi connectivity index (χ1v) is 13.5. The number of carbonyl (C=O) groups is 2. The molecule has 0 saturated carbocycles. The fourth-order valence-corrected chi connectivity index (χ4v) is 4.62. The van der Waals surface area contributed by atoms with Gasteiger partial charge in [-0.15, -0.1) is 0 Å². The van der Waals surface area contributed by atoms with Crippen molar-refractivity contribution < 1.29 is 28.2 Å². The third kappa shape index (κ3) is 6.33. The standard InChI is InChI=1S/C27H30N2O7S/c1-4-22(30)19-11-9-18(10-12-19)20-13-14-29(24(32)15-20)25(33)16-27(2,37(3,35)36)17-28-26(34)21-7-5-6-8-23(21)31/h5-15,25,31,33H,4,16-17H2,1-3H3,(H,28,34). The van der Waals surface area contributed by atoms with Crippen LogP contribution in [0.25, 0.3) is 11.1 Å². The molecule has 37 heavy (non-hydrogen) atoms. The first-order valence-electron chi connectivity index (χ1n) is 11.7. The molecule has 0 aliphatic rings. The van der Waals surface area contributed by atoms with Crippen LogP contribution < -0.4 is 10.9 Å². The van der Waals surface area contributed by atoms with E-state index in [2.05, 4.69) is 5.32 Å². The Labute approximate surface area is 215 Å². The van der Waals surface area contributed by atoms with Crippen LogP contribution in [0.3, 0.4) is 0 Å². The molecule has 3 rings (SSSR count). The lowest BCUT2D eigenvalue weighted by atomic mass is 10.0. The highest BCUT2D eigenvalue weighted by Crippen LogP contribution is 2.27. The number of nitrogens with one attached hydrogen (secondary N) is 1. The zero-order chi connectivity index (χ0) is 27.4. The number of aliphatic hydroxyl groups excluding tert-OH is 1. The normalized spacial score (nSPS) is 13.9. The van der Waals surface area contributed by atoms with E-state index in [1.807, 2.05) is 0 Å². The van der Waals surface area contributed by atoms with Gasteiger partial charge in [-0.3, -0.25) is 19.0 Å². The fourth-order valence-electron chi connectivity index (χ4n) is 3.84. The molecule has 1 heterocycles. The van der Waals surface area contributed by atoms with E-state index in [1.165, 1.54) is 31.3 Å². The Kier molecular flexibility index (Phi) is 8.35. The summed E-state index contributed by atoms with van der Waals surface area (Å²) in [5, 5.41) is 23.2. The topological polar surface area (TPSA) is 143 Å². The van der Waals surface area contributed by atoms with Crippen molar-refractivity contribution in [2.75, 3.05) is 12.8 Å². The second-order valence-corrected chi connectivity index (χ2v) is 11.7. The molecular weight excluding hydrogens is 496 g/mol. The molecule has 196 valence electrons. The van der Waals surface area contributed by atoms with E-state index in [0.29, 0.717) is 23.1 Å². The molecule has 10 heteroatoms. The number of aliphatic hydroxyl groups is 1. The summed E-state index contributed by atoms with van der Waals surface area (Å²) in [7, 11) is -3.81. The Morgan fingerprint density at radius 1 is 1.05 bits per heavy atom. The van der Waals surface area contributed by atoms with Crippen LogP contribution in [0.1, 0.15) is 53.6 Å². The number of carbonyl (C=O) groups excluding carboxylic acids is 2. The van der Waals surface area contributed by atoms with Crippen molar-refractivity contribution in [3.8, 4) is 16.9 Å². The van der Waals surface area contributed by atoms with Crippen LogP contribution in [0.5, 0.6) is 5.75 Å². The molecule has 2 unspecified atom stereocenters. The maximum absolute atomic E-state index is 12.8. The van der Waals surface area contributed by atoms with Gasteiger partial charge < -0.3 is 15.5 Å². The average molecular weight is 527 g/mol. The summed E-state index contributed by atoms with van der Waals surface area (Å²) in [6, 6.07) is 15.6. The van der Waals surface area contributed by atoms with Crippen LogP contribution in [-0.4, -0.2) is 52.4 Å². The predicted molar refractivity (Wildman–Crippen MR) is 140 cm³/mol. The average Bonchev–Trinajstić information content (AvgIpc) is 2.86. The number of hydrogen-bond donors (Lipinski definition) is 3. The van der Waals surface area contributed by atoms with E-state index in [9.17, 15) is 33.0 Å². The molecule has 0 aliphatic heterocycles. The van der Waals surface area contributed by atoms with Crippen LogP contribution in [0, 0.1) is 0 Å². The van der Waals surface area contributed by atoms with E-state index in [-0.39, 0.29) is 30.1 Å². The van der Waals surface area contributed by atoms with Crippen LogP contribution in [0.2, 0.25) is 0 Å². The van der Waals surface area contributed by atoms with Gasteiger partial charge in [-0.2, -0.15) is 0 Å². The van der Waals surface area contributed by atoms with Crippen molar-refractivity contribution in [2.45, 2.75) is 37.7 Å². The molecule has 1 aromatic heterocycles. The summed E-state index contributed by atoms with van der Waals surface area (Å²) in [5.41, 5.74) is 1.29. The highest BCUT2D eigenvalue weighted by Gasteiger charge is 2.39. The number of pyridine rings is 1. The van der Waals surface area contributed by atoms with Crippen LogP contribution in [0.4, 0.5) is 0 Å². The lowest BCUT2D eigenvalue weighted by molar-refractivity contribution is 0.0767. The minimum atomic E-state index is -3.81. The van der Waals surface area contributed by atoms with Crippen molar-refractivity contribution in [1.82, 2.24) is 9.88 Å². The van der Waals surface area contributed by atoms with E-state index < -0.39 is 32.3 Å². The lowest BCUT2D eigenvalue weighted by Crippen LogP contribution is -2.48. The third-order valence-electron chi connectivity index (χ3n) is 6.41. The van der Waals surface area contributed by atoms with Gasteiger partial charge in [0.2, 0.25) is 0 Å². The van der Waals surface area contributed by atoms with E-state index in [1.54, 1.807) is 49.4 Å². The molecule has 3 N–H and O–H groups in total. The minimum absolute atomic E-state index is 0.00998. The highest BCUT2D eigenvalue weighted by atomic mass is 32.2. The molecular formula is C27H30N2O7S. The van der Waals surface area contributed by atoms with E-state index in [4.69, 9.17) is 0 Å². The largest absolute Gasteiger partial charge is 0.507 e. The number of ketones is 1. The van der Waals surface area contributed by atoms with E-state index >= 15 is 0 Å². The zero-order valence-electron chi connectivity index (χ0n) is 20.8. The number of para-hydroxylation sites is 1. The second-order valence-electron chi connectivity index (χ2n) is 9.12. The molecule has 2 aromatic carbocycles. The number of phenolic OH excluding ortho intramolecular Hbond substituents is 1. The van der Waals surface area contributed by atoms with Gasteiger partial charge in [0.1, 0.15) is 12.0 Å². The fraction of sp³-hybridized carbons (Fsp3) is 0.296. The highest BCUT2D eigenvalue weighted by molar-refractivity contribution is 7.92. The summed E-state index contributed by atoms with van der Waals surface area (Å²) in [5.74, 6) is -0.911. The monoisotopic (exact) mass is 526 g/mol. The molecule has 0 radical (unpaired) electrons. The quantitative estimate of drug-likeness (QED) is 0.345. The van der Waals surface area contributed by atoms with Crippen LogP contribution in [0.15, 0.2) is 71.7 Å². The van der Waals surface area contributed by atoms with Gasteiger partial charge in [0.05, 0.1) is 10.3 Å². The van der Waals surface area contributed by atoms with Crippen molar-refractivity contribution in [3.63, 3.8) is 0 Å². The van der Waals surface area contributed by atoms with Gasteiger partial charge in [0.15, 0.2) is 15.6 Å². The van der Waals surface area contributed by atoms with Crippen LogP contribution in [-0.2, 0) is 9.84 Å². The number of phenols is 1. The van der Waals surface area contributed by atoms with Gasteiger partial charge in [-0.25, -0.2) is 8.42 Å². The Morgan fingerprint density at radius 2 is 1.70 bits per heavy atom. The van der Waals surface area contributed by atoms with Gasteiger partial charge in [0.25, 0.3) is 11.5 Å². The number of nitrogens with zero attached hydrogens (tertiary/aromatic N) is 1. The summed E-state index contributed by atoms with van der Waals surface area (Å²) >= 11 is 0. The van der Waals surface area contributed by atoms with E-state index in [0.717, 1.165) is 10.8 Å². The Balaban J connectivity index is 1.79. The molecule has 1 amide bonds. The molecule has 0 spiro atoms. The molecule has 0 bridgehead atoms. The van der Waals surface area contributed by atoms with Crippen molar-refractivity contribution >= 4 is 21.5 Å². The summed E-state index contributed by atoms with van der Waals surface area (Å²) in [6.07, 6.45) is 0.882. The first-order chi connectivity index (χ1) is 17.4. The summed E-state index contributed by atoms with van der Waals surface area (Å²) in [4.78, 5) is 37.1. The number of benzene rings is 2. The molecule has 3 aromatic rings. The van der Waals surface area contributed by atoms with Gasteiger partial charge in [0, 0.05) is 43.5 Å². The van der Waals surface area contributed by atoms with Gasteiger partial charge in [-0.05, 0) is 36.2 Å². The van der Waals surface area contributed by atoms with Gasteiger partial charge in [-0.1, -0.05) is 43.3 Å². The smallest absolute Gasteiger partial charge is 0.255 e. The van der Waals surface area contributed by atoms with Crippen molar-refractivity contribution in [1.29, 1.82) is 0 Å². The number of aromatic hydroxyl groups is 1. The van der Waals surface area contributed by atoms with Gasteiger partial charge >= 0.3 is 0 Å². The first kappa shape index (κ1) is 27.8. The molecule has 2 atom stereocenters. The van der Waals surface area contributed by atoms with Crippen molar-refractivity contribution in [3.05, 3.63) is 88.3 Å². The third-order valence-corrected chi connectivity index (χ3v) is 8.51. The minimum Gasteiger partial charge on any atom is -0.507 e. The Hall–Kier alpha value is -3.76. The molecule has 0 fully saturated rings. The van der Waals surface area contributed by atoms with Crippen molar-refractivity contribution in [2.24, 2.45) is 0 Å². The summed E-state index contributed by atoms with van der Waals surface area (Å²) < 4.78 is 24.7. The van der Waals surface area contributed by atoms with Crippen LogP contribution >= 0.6 is 0 Å². The number of rotatable bonds is 10. The number of amides is 1. The summed E-state index contributed by atoms with van der Waals surface area (Å²) in [6.45, 7) is 2.79. The maximum atomic E-state index is 12.8. The number of aromatic nitrogens is 1. The zero-order valence-corrected chi connectivity index (χ0v) is 21.7. The predicted octanol–water partition coefficient (Wildman–Crippen LogP) is 2.93. The molecule has 9 nitrogen and oxygen atoms in total. The number of sulfone groups is 1. The maximum Gasteiger partial charge on any atom is 0.255 e. The molecule has 0 saturated heterocycles. The SMILES string of the molecule is CCC(=O)c1ccc(-c2ccn(C(O)CC(C)(CNC(=O)c3ccccc3O)S(C)(=O)=O)c(=O)c2)cc1. The Bertz CT molecular complexity index is 1460. The number of Topliss-reactive ketones (excluding diaryl/α,β-unsaturated/α-hetero) is 1. The molecule has 0 aliphatic carbocycles. The number of hydrogen-bond acceptors (Lipinski definition) is 7.